The third-order valence-corrected chi connectivity index (χ3v) is 11.1. The topological polar surface area (TPSA) is 29.5 Å². The van der Waals surface area contributed by atoms with Gasteiger partial charge in [0.05, 0.1) is 11.1 Å². The lowest BCUT2D eigenvalue weighted by Crippen LogP contribution is -2.10. The predicted octanol–water partition coefficient (Wildman–Crippen LogP) is 15.6. The first-order valence-electron chi connectivity index (χ1n) is 19.3. The van der Waals surface area contributed by atoms with Gasteiger partial charge >= 0.3 is 0 Å². The number of fused-ring (bicyclic) bond motifs is 6. The molecule has 3 nitrogen and oxygen atoms in total. The molecule has 0 aliphatic rings. The van der Waals surface area contributed by atoms with Crippen molar-refractivity contribution in [1.29, 1.82) is 0 Å². The molecule has 2 heterocycles. The van der Waals surface area contributed by atoms with Gasteiger partial charge in [-0.25, -0.2) is 0 Å². The lowest BCUT2D eigenvalue weighted by Gasteiger charge is -2.27. The monoisotopic (exact) mass is 729 g/mol. The molecule has 11 aromatic rings. The Morgan fingerprint density at radius 3 is 1.28 bits per heavy atom. The van der Waals surface area contributed by atoms with Crippen molar-refractivity contribution in [2.24, 2.45) is 0 Å². The Morgan fingerprint density at radius 2 is 0.667 bits per heavy atom. The molecule has 11 rings (SSSR count). The first-order valence-corrected chi connectivity index (χ1v) is 19.3. The number of anilines is 3. The quantitative estimate of drug-likeness (QED) is 0.164. The molecular formula is C54H35NO2. The zero-order valence-corrected chi connectivity index (χ0v) is 31.0. The molecule has 0 bridgehead atoms. The second-order valence-electron chi connectivity index (χ2n) is 14.5. The fourth-order valence-corrected chi connectivity index (χ4v) is 8.23. The molecule has 0 amide bonds. The van der Waals surface area contributed by atoms with Gasteiger partial charge in [-0.1, -0.05) is 152 Å². The summed E-state index contributed by atoms with van der Waals surface area (Å²) >= 11 is 0. The lowest BCUT2D eigenvalue weighted by atomic mass is 9.97. The molecule has 0 fully saturated rings. The fraction of sp³-hybridized carbons (Fsp3) is 0. The summed E-state index contributed by atoms with van der Waals surface area (Å²) in [5.41, 5.74) is 15.8. The molecule has 9 aromatic carbocycles. The van der Waals surface area contributed by atoms with Gasteiger partial charge in [0.15, 0.2) is 0 Å². The predicted molar refractivity (Wildman–Crippen MR) is 237 cm³/mol. The average molecular weight is 730 g/mol. The maximum Gasteiger partial charge on any atom is 0.138 e. The van der Waals surface area contributed by atoms with Crippen molar-refractivity contribution in [2.75, 3.05) is 4.90 Å². The molecule has 0 saturated heterocycles. The molecular weight excluding hydrogens is 695 g/mol. The van der Waals surface area contributed by atoms with E-state index in [2.05, 4.69) is 199 Å². The Bertz CT molecular complexity index is 3110. The Labute approximate surface area is 330 Å². The number of furan rings is 2. The smallest absolute Gasteiger partial charge is 0.138 e. The third kappa shape index (κ3) is 5.85. The van der Waals surface area contributed by atoms with Crippen molar-refractivity contribution < 1.29 is 8.83 Å². The summed E-state index contributed by atoms with van der Waals surface area (Å²) in [6.07, 6.45) is 0. The highest BCUT2D eigenvalue weighted by atomic mass is 16.3. The minimum Gasteiger partial charge on any atom is -0.456 e. The van der Waals surface area contributed by atoms with Gasteiger partial charge in [-0.15, -0.1) is 0 Å². The van der Waals surface area contributed by atoms with E-state index in [0.717, 1.165) is 83.2 Å². The molecule has 0 saturated carbocycles. The van der Waals surface area contributed by atoms with Crippen LogP contribution >= 0.6 is 0 Å². The summed E-state index contributed by atoms with van der Waals surface area (Å²) in [4.78, 5) is 2.37. The Hall–Kier alpha value is -7.62. The van der Waals surface area contributed by atoms with Crippen molar-refractivity contribution in [3.05, 3.63) is 212 Å². The second-order valence-corrected chi connectivity index (χ2v) is 14.5. The van der Waals surface area contributed by atoms with Crippen molar-refractivity contribution in [3.8, 4) is 44.5 Å². The van der Waals surface area contributed by atoms with Gasteiger partial charge in [0.25, 0.3) is 0 Å². The van der Waals surface area contributed by atoms with Gasteiger partial charge in [-0.3, -0.25) is 0 Å². The largest absolute Gasteiger partial charge is 0.456 e. The minimum absolute atomic E-state index is 0.843. The summed E-state index contributed by atoms with van der Waals surface area (Å²) in [7, 11) is 0. The summed E-state index contributed by atoms with van der Waals surface area (Å²) in [5, 5.41) is 4.42. The number of rotatable bonds is 7. The van der Waals surface area contributed by atoms with E-state index in [1.165, 1.54) is 22.3 Å². The standard InChI is InChI=1S/C54H35NO2/c1-3-11-36(12-4-1)38-23-28-44(29-24-38)55(45-30-25-39(26-31-45)37-13-5-2-6-14-37)49-33-43(35-53-54(49)48-16-8-10-18-51(48)57-53)41-21-19-40(20-22-41)42-27-32-47-46-15-7-9-17-50(46)56-52(47)34-42/h1-35H. The molecule has 268 valence electrons. The van der Waals surface area contributed by atoms with Crippen LogP contribution in [0.4, 0.5) is 17.1 Å². The van der Waals surface area contributed by atoms with Crippen molar-refractivity contribution >= 4 is 60.9 Å². The van der Waals surface area contributed by atoms with Crippen LogP contribution in [0.3, 0.4) is 0 Å². The minimum atomic E-state index is 0.843. The molecule has 0 atom stereocenters. The zero-order valence-electron chi connectivity index (χ0n) is 31.0. The van der Waals surface area contributed by atoms with Gasteiger partial charge in [0, 0.05) is 27.5 Å². The Morgan fingerprint density at radius 1 is 0.263 bits per heavy atom. The molecule has 57 heavy (non-hydrogen) atoms. The maximum atomic E-state index is 6.65. The van der Waals surface area contributed by atoms with Crippen LogP contribution in [-0.2, 0) is 0 Å². The second kappa shape index (κ2) is 13.6. The van der Waals surface area contributed by atoms with Crippen molar-refractivity contribution in [3.63, 3.8) is 0 Å². The highest BCUT2D eigenvalue weighted by molar-refractivity contribution is 6.15. The SMILES string of the molecule is c1ccc(-c2ccc(N(c3ccc(-c4ccccc4)cc3)c3cc(-c4ccc(-c5ccc6c(c5)oc5ccccc56)cc4)cc4oc5ccccc5c34)cc2)cc1. The number of benzene rings is 9. The summed E-state index contributed by atoms with van der Waals surface area (Å²) < 4.78 is 12.9. The molecule has 3 heteroatoms. The normalized spacial score (nSPS) is 11.5. The Kier molecular flexibility index (Phi) is 7.82. The Balaban J connectivity index is 1.06. The molecule has 0 unspecified atom stereocenters. The van der Waals surface area contributed by atoms with Crippen LogP contribution in [-0.4, -0.2) is 0 Å². The molecule has 0 radical (unpaired) electrons. The highest BCUT2D eigenvalue weighted by Crippen LogP contribution is 2.46. The van der Waals surface area contributed by atoms with Crippen LogP contribution in [0.15, 0.2) is 221 Å². The van der Waals surface area contributed by atoms with E-state index in [0.29, 0.717) is 0 Å². The molecule has 0 spiro atoms. The van der Waals surface area contributed by atoms with E-state index in [1.54, 1.807) is 0 Å². The van der Waals surface area contributed by atoms with Crippen molar-refractivity contribution in [1.82, 2.24) is 0 Å². The number of para-hydroxylation sites is 2. The number of hydrogen-bond donors (Lipinski definition) is 0. The lowest BCUT2D eigenvalue weighted by molar-refractivity contribution is 0.668. The third-order valence-electron chi connectivity index (χ3n) is 11.1. The van der Waals surface area contributed by atoms with Crippen LogP contribution in [0.1, 0.15) is 0 Å². The summed E-state index contributed by atoms with van der Waals surface area (Å²) in [6, 6.07) is 75.2. The van der Waals surface area contributed by atoms with Crippen LogP contribution < -0.4 is 4.90 Å². The van der Waals surface area contributed by atoms with E-state index < -0.39 is 0 Å². The van der Waals surface area contributed by atoms with Gasteiger partial charge in [-0.2, -0.15) is 0 Å². The van der Waals surface area contributed by atoms with Gasteiger partial charge in [-0.05, 0) is 105 Å². The van der Waals surface area contributed by atoms with Crippen LogP contribution in [0.2, 0.25) is 0 Å². The average Bonchev–Trinajstić information content (AvgIpc) is 3.86. The fourth-order valence-electron chi connectivity index (χ4n) is 8.23. The van der Waals surface area contributed by atoms with E-state index in [1.807, 2.05) is 18.2 Å². The van der Waals surface area contributed by atoms with Gasteiger partial charge in [0.1, 0.15) is 22.3 Å². The molecule has 0 N–H and O–H groups in total. The number of hydrogen-bond acceptors (Lipinski definition) is 3. The molecule has 0 aliphatic heterocycles. The highest BCUT2D eigenvalue weighted by Gasteiger charge is 2.22. The van der Waals surface area contributed by atoms with E-state index in [4.69, 9.17) is 8.83 Å². The first kappa shape index (κ1) is 32.8. The summed E-state index contributed by atoms with van der Waals surface area (Å²) in [5.74, 6) is 0. The number of nitrogens with zero attached hydrogens (tertiary/aromatic N) is 1. The van der Waals surface area contributed by atoms with Crippen molar-refractivity contribution in [2.45, 2.75) is 0 Å². The van der Waals surface area contributed by atoms with E-state index in [-0.39, 0.29) is 0 Å². The van der Waals surface area contributed by atoms with Gasteiger partial charge in [0.2, 0.25) is 0 Å². The first-order chi connectivity index (χ1) is 28.2. The van der Waals surface area contributed by atoms with E-state index in [9.17, 15) is 0 Å². The molecule has 2 aromatic heterocycles. The van der Waals surface area contributed by atoms with Crippen LogP contribution in [0.5, 0.6) is 0 Å². The molecule has 0 aliphatic carbocycles. The van der Waals surface area contributed by atoms with E-state index >= 15 is 0 Å². The van der Waals surface area contributed by atoms with Crippen LogP contribution in [0, 0.1) is 0 Å². The summed E-state index contributed by atoms with van der Waals surface area (Å²) in [6.45, 7) is 0. The maximum absolute atomic E-state index is 6.65. The zero-order chi connectivity index (χ0) is 37.7. The van der Waals surface area contributed by atoms with Gasteiger partial charge < -0.3 is 13.7 Å². The van der Waals surface area contributed by atoms with Crippen LogP contribution in [0.25, 0.3) is 88.4 Å².